The first kappa shape index (κ1) is 11.5. The summed E-state index contributed by atoms with van der Waals surface area (Å²) >= 11 is 0. The molecule has 82 valence electrons. The Labute approximate surface area is 84.4 Å². The van der Waals surface area contributed by atoms with Crippen LogP contribution in [0.3, 0.4) is 0 Å². The fraction of sp³-hybridized carbons (Fsp3) is 0.900. The molecule has 0 bridgehead atoms. The summed E-state index contributed by atoms with van der Waals surface area (Å²) in [5.41, 5.74) is 5.91. The van der Waals surface area contributed by atoms with Crippen LogP contribution in [0.4, 0.5) is 0 Å². The van der Waals surface area contributed by atoms with Crippen LogP contribution >= 0.6 is 0 Å². The normalized spacial score (nSPS) is 30.7. The van der Waals surface area contributed by atoms with Crippen LogP contribution in [-0.4, -0.2) is 29.3 Å². The summed E-state index contributed by atoms with van der Waals surface area (Å²) < 4.78 is 5.42. The second-order valence-corrected chi connectivity index (χ2v) is 3.96. The van der Waals surface area contributed by atoms with Crippen LogP contribution in [0.5, 0.6) is 0 Å². The summed E-state index contributed by atoms with van der Waals surface area (Å²) in [7, 11) is 0. The smallest absolute Gasteiger partial charge is 0.332 e. The fourth-order valence-corrected chi connectivity index (χ4v) is 1.79. The Morgan fingerprint density at radius 2 is 2.07 bits per heavy atom. The van der Waals surface area contributed by atoms with Crippen molar-refractivity contribution in [1.29, 1.82) is 0 Å². The van der Waals surface area contributed by atoms with Gasteiger partial charge >= 0.3 is 5.97 Å². The van der Waals surface area contributed by atoms with Gasteiger partial charge in [-0.2, -0.15) is 0 Å². The lowest BCUT2D eigenvalue weighted by molar-refractivity contribution is -0.153. The van der Waals surface area contributed by atoms with Crippen molar-refractivity contribution in [3.63, 3.8) is 0 Å². The summed E-state index contributed by atoms with van der Waals surface area (Å²) in [6.07, 6.45) is 4.39. The van der Waals surface area contributed by atoms with Gasteiger partial charge in [0, 0.05) is 6.04 Å². The first-order valence-corrected chi connectivity index (χ1v) is 5.25. The Kier molecular flexibility index (Phi) is 4.35. The third-order valence-electron chi connectivity index (χ3n) is 2.73. The van der Waals surface area contributed by atoms with E-state index in [2.05, 4.69) is 0 Å². The molecule has 1 saturated carbocycles. The zero-order chi connectivity index (χ0) is 10.6. The molecule has 3 atom stereocenters. The molecule has 0 heterocycles. The van der Waals surface area contributed by atoms with Gasteiger partial charge in [-0.15, -0.1) is 0 Å². The van der Waals surface area contributed by atoms with Crippen LogP contribution in [-0.2, 0) is 9.53 Å². The van der Waals surface area contributed by atoms with E-state index in [9.17, 15) is 4.79 Å². The van der Waals surface area contributed by atoms with Crippen molar-refractivity contribution in [2.75, 3.05) is 0 Å². The van der Waals surface area contributed by atoms with Crippen LogP contribution in [0.15, 0.2) is 0 Å². The minimum absolute atomic E-state index is 0.000648. The molecule has 0 spiro atoms. The van der Waals surface area contributed by atoms with Crippen LogP contribution < -0.4 is 5.73 Å². The van der Waals surface area contributed by atoms with Crippen molar-refractivity contribution in [1.82, 2.24) is 0 Å². The van der Waals surface area contributed by atoms with E-state index >= 15 is 0 Å². The first-order chi connectivity index (χ1) is 6.61. The maximum Gasteiger partial charge on any atom is 0.332 e. The largest absolute Gasteiger partial charge is 0.479 e. The number of ether oxygens (including phenoxy) is 1. The summed E-state index contributed by atoms with van der Waals surface area (Å²) in [6, 6.07) is -0.000648. The van der Waals surface area contributed by atoms with Crippen molar-refractivity contribution in [2.24, 2.45) is 5.73 Å². The summed E-state index contributed by atoms with van der Waals surface area (Å²) in [5.74, 6) is -0.915. The molecular weight excluding hydrogens is 182 g/mol. The number of carboxylic acids is 1. The third-order valence-corrected chi connectivity index (χ3v) is 2.73. The molecule has 3 N–H and O–H groups in total. The Bertz CT molecular complexity index is 196. The van der Waals surface area contributed by atoms with Crippen molar-refractivity contribution in [2.45, 2.75) is 57.3 Å². The molecule has 1 aliphatic rings. The Balaban J connectivity index is 2.43. The highest BCUT2D eigenvalue weighted by atomic mass is 16.5. The number of aliphatic carboxylic acids is 1. The molecule has 1 rings (SSSR count). The molecule has 1 aliphatic carbocycles. The molecule has 0 aromatic carbocycles. The number of hydrogen-bond donors (Lipinski definition) is 2. The fourth-order valence-electron chi connectivity index (χ4n) is 1.79. The van der Waals surface area contributed by atoms with Gasteiger partial charge in [-0.3, -0.25) is 0 Å². The standard InChI is InChI=1S/C10H19NO3/c1-7(10(12)13)14-9-6-4-2-3-5-8(9)11/h7-9H,2-6,11H2,1H3,(H,12,13). The first-order valence-electron chi connectivity index (χ1n) is 5.25. The van der Waals surface area contributed by atoms with E-state index in [4.69, 9.17) is 15.6 Å². The van der Waals surface area contributed by atoms with E-state index in [1.807, 2.05) is 0 Å². The zero-order valence-corrected chi connectivity index (χ0v) is 8.61. The van der Waals surface area contributed by atoms with E-state index in [0.717, 1.165) is 25.7 Å². The van der Waals surface area contributed by atoms with E-state index in [-0.39, 0.29) is 12.1 Å². The van der Waals surface area contributed by atoms with Crippen molar-refractivity contribution in [3.8, 4) is 0 Å². The third kappa shape index (κ3) is 3.27. The molecule has 1 fully saturated rings. The van der Waals surface area contributed by atoms with Gasteiger partial charge in [-0.05, 0) is 19.8 Å². The highest BCUT2D eigenvalue weighted by Crippen LogP contribution is 2.20. The number of carbonyl (C=O) groups is 1. The Morgan fingerprint density at radius 1 is 1.43 bits per heavy atom. The second kappa shape index (κ2) is 5.32. The number of nitrogens with two attached hydrogens (primary N) is 1. The molecule has 0 radical (unpaired) electrons. The van der Waals surface area contributed by atoms with E-state index in [0.29, 0.717) is 0 Å². The minimum Gasteiger partial charge on any atom is -0.479 e. The molecule has 4 nitrogen and oxygen atoms in total. The topological polar surface area (TPSA) is 72.5 Å². The molecule has 3 unspecified atom stereocenters. The monoisotopic (exact) mass is 201 g/mol. The highest BCUT2D eigenvalue weighted by Gasteiger charge is 2.25. The second-order valence-electron chi connectivity index (χ2n) is 3.96. The van der Waals surface area contributed by atoms with Gasteiger partial charge in [-0.25, -0.2) is 4.79 Å². The van der Waals surface area contributed by atoms with Gasteiger partial charge in [0.25, 0.3) is 0 Å². The molecule has 14 heavy (non-hydrogen) atoms. The van der Waals surface area contributed by atoms with Crippen LogP contribution in [0, 0.1) is 0 Å². The predicted octanol–water partition coefficient (Wildman–Crippen LogP) is 1.14. The SMILES string of the molecule is CC(OC1CCCCCC1N)C(=O)O. The van der Waals surface area contributed by atoms with E-state index in [1.165, 1.54) is 6.42 Å². The average molecular weight is 201 g/mol. The van der Waals surface area contributed by atoms with Crippen LogP contribution in [0.25, 0.3) is 0 Å². The molecule has 0 aromatic rings. The highest BCUT2D eigenvalue weighted by molar-refractivity contribution is 5.71. The van der Waals surface area contributed by atoms with Crippen molar-refractivity contribution < 1.29 is 14.6 Å². The van der Waals surface area contributed by atoms with Gasteiger partial charge in [0.05, 0.1) is 6.10 Å². The van der Waals surface area contributed by atoms with E-state index in [1.54, 1.807) is 6.92 Å². The van der Waals surface area contributed by atoms with Gasteiger partial charge in [0.15, 0.2) is 6.10 Å². The van der Waals surface area contributed by atoms with Gasteiger partial charge < -0.3 is 15.6 Å². The van der Waals surface area contributed by atoms with Crippen LogP contribution in [0.1, 0.15) is 39.0 Å². The van der Waals surface area contributed by atoms with E-state index < -0.39 is 12.1 Å². The molecule has 0 amide bonds. The summed E-state index contributed by atoms with van der Waals surface area (Å²) in [6.45, 7) is 1.56. The maximum absolute atomic E-state index is 10.6. The van der Waals surface area contributed by atoms with Gasteiger partial charge in [0.1, 0.15) is 0 Å². The lowest BCUT2D eigenvalue weighted by Gasteiger charge is -2.23. The lowest BCUT2D eigenvalue weighted by Crippen LogP contribution is -2.39. The molecule has 0 saturated heterocycles. The zero-order valence-electron chi connectivity index (χ0n) is 8.61. The summed E-state index contributed by atoms with van der Waals surface area (Å²) in [5, 5.41) is 8.70. The number of carboxylic acid groups (broad SMARTS) is 1. The quantitative estimate of drug-likeness (QED) is 0.671. The van der Waals surface area contributed by atoms with Crippen molar-refractivity contribution >= 4 is 5.97 Å². The number of rotatable bonds is 3. The van der Waals surface area contributed by atoms with Gasteiger partial charge in [0.2, 0.25) is 0 Å². The maximum atomic E-state index is 10.6. The summed E-state index contributed by atoms with van der Waals surface area (Å²) in [4.78, 5) is 10.6. The average Bonchev–Trinajstić information content (AvgIpc) is 2.32. The molecule has 4 heteroatoms. The van der Waals surface area contributed by atoms with Gasteiger partial charge in [-0.1, -0.05) is 19.3 Å². The lowest BCUT2D eigenvalue weighted by atomic mass is 10.1. The van der Waals surface area contributed by atoms with Crippen molar-refractivity contribution in [3.05, 3.63) is 0 Å². The predicted molar refractivity (Wildman–Crippen MR) is 53.0 cm³/mol. The van der Waals surface area contributed by atoms with Crippen LogP contribution in [0.2, 0.25) is 0 Å². The minimum atomic E-state index is -0.915. The molecular formula is C10H19NO3. The molecule has 0 aromatic heterocycles. The Morgan fingerprint density at radius 3 is 2.71 bits per heavy atom. The number of hydrogen-bond acceptors (Lipinski definition) is 3. The Hall–Kier alpha value is -0.610. The molecule has 0 aliphatic heterocycles.